The molecule has 0 saturated heterocycles. The molecule has 0 saturated carbocycles. The van der Waals surface area contributed by atoms with Crippen LogP contribution in [0, 0.1) is 0 Å². The normalized spacial score (nSPS) is 17.1. The van der Waals surface area contributed by atoms with Gasteiger partial charge < -0.3 is 14.4 Å². The minimum Gasteiger partial charge on any atom is -0.478 e. The Morgan fingerprint density at radius 2 is 2.16 bits per heavy atom. The Kier molecular flexibility index (Phi) is 4.30. The number of nitrogens with zero attached hydrogens (tertiary/aromatic N) is 2. The first kappa shape index (κ1) is 17.1. The molecule has 9 heteroatoms. The molecule has 1 atom stereocenters. The summed E-state index contributed by atoms with van der Waals surface area (Å²) in [6, 6.07) is 2.92. The van der Waals surface area contributed by atoms with Crippen LogP contribution in [0.25, 0.3) is 18.4 Å². The summed E-state index contributed by atoms with van der Waals surface area (Å²) in [5, 5.41) is 9.02. The lowest BCUT2D eigenvalue weighted by atomic mass is 9.99. The molecule has 0 amide bonds. The van der Waals surface area contributed by atoms with Gasteiger partial charge in [-0.15, -0.1) is 0 Å². The molecule has 25 heavy (non-hydrogen) atoms. The average Bonchev–Trinajstić information content (AvgIpc) is 3.04. The van der Waals surface area contributed by atoms with Gasteiger partial charge in [0.1, 0.15) is 5.75 Å². The molecular formula is C16H10ClF3N2O3. The van der Waals surface area contributed by atoms with E-state index in [4.69, 9.17) is 21.4 Å². The van der Waals surface area contributed by atoms with Gasteiger partial charge in [-0.3, -0.25) is 0 Å². The molecule has 130 valence electrons. The molecule has 3 rings (SSSR count). The first-order valence-electron chi connectivity index (χ1n) is 6.93. The maximum atomic E-state index is 13.0. The van der Waals surface area contributed by atoms with Crippen molar-refractivity contribution in [1.82, 2.24) is 9.55 Å². The van der Waals surface area contributed by atoms with E-state index < -0.39 is 23.8 Å². The van der Waals surface area contributed by atoms with Crippen LogP contribution >= 0.6 is 11.6 Å². The van der Waals surface area contributed by atoms with E-state index in [0.717, 1.165) is 6.08 Å². The highest BCUT2D eigenvalue weighted by atomic mass is 35.5. The van der Waals surface area contributed by atoms with Crippen LogP contribution in [0.3, 0.4) is 0 Å². The lowest BCUT2D eigenvalue weighted by molar-refractivity contribution is -0.187. The second-order valence-corrected chi connectivity index (χ2v) is 5.60. The summed E-state index contributed by atoms with van der Waals surface area (Å²) in [5.41, 5.74) is -0.171. The number of ether oxygens (including phenoxy) is 1. The summed E-state index contributed by atoms with van der Waals surface area (Å²) in [6.45, 7) is 0. The number of carboxylic acids is 1. The van der Waals surface area contributed by atoms with Gasteiger partial charge in [-0.25, -0.2) is 9.78 Å². The number of alkyl halides is 3. The predicted molar refractivity (Wildman–Crippen MR) is 85.0 cm³/mol. The summed E-state index contributed by atoms with van der Waals surface area (Å²) >= 11 is 6.03. The molecule has 0 bridgehead atoms. The van der Waals surface area contributed by atoms with E-state index in [2.05, 4.69) is 4.98 Å². The van der Waals surface area contributed by atoms with Crippen LogP contribution in [0.2, 0.25) is 5.02 Å². The molecule has 0 spiro atoms. The molecular weight excluding hydrogens is 361 g/mol. The van der Waals surface area contributed by atoms with Gasteiger partial charge in [0, 0.05) is 24.2 Å². The van der Waals surface area contributed by atoms with Crippen LogP contribution in [-0.4, -0.2) is 32.9 Å². The number of aliphatic carboxylic acids is 1. The molecule has 1 aromatic heterocycles. The van der Waals surface area contributed by atoms with Crippen LogP contribution < -0.4 is 4.74 Å². The Balaban J connectivity index is 2.03. The minimum atomic E-state index is -4.87. The average molecular weight is 371 g/mol. The number of benzene rings is 1. The molecule has 0 radical (unpaired) electrons. The van der Waals surface area contributed by atoms with E-state index in [9.17, 15) is 18.0 Å². The maximum absolute atomic E-state index is 13.0. The van der Waals surface area contributed by atoms with E-state index in [1.807, 2.05) is 0 Å². The highest BCUT2D eigenvalue weighted by molar-refractivity contribution is 6.32. The largest absolute Gasteiger partial charge is 0.478 e. The van der Waals surface area contributed by atoms with Crippen LogP contribution in [0.1, 0.15) is 11.1 Å². The Labute approximate surface area is 144 Å². The Morgan fingerprint density at radius 3 is 2.76 bits per heavy atom. The number of fused-ring (bicyclic) bond motifs is 1. The fourth-order valence-corrected chi connectivity index (χ4v) is 2.62. The molecule has 1 unspecified atom stereocenters. The van der Waals surface area contributed by atoms with E-state index >= 15 is 0 Å². The third-order valence-corrected chi connectivity index (χ3v) is 3.71. The highest BCUT2D eigenvalue weighted by Crippen LogP contribution is 2.41. The van der Waals surface area contributed by atoms with Crippen molar-refractivity contribution < 1.29 is 27.8 Å². The van der Waals surface area contributed by atoms with Gasteiger partial charge in [0.15, 0.2) is 0 Å². The summed E-state index contributed by atoms with van der Waals surface area (Å²) in [6.07, 6.45) is 1.63. The molecule has 2 heterocycles. The Hall–Kier alpha value is -2.74. The molecule has 0 fully saturated rings. The van der Waals surface area contributed by atoms with Crippen LogP contribution in [0.4, 0.5) is 13.2 Å². The van der Waals surface area contributed by atoms with Gasteiger partial charge in [-0.2, -0.15) is 13.2 Å². The first-order valence-corrected chi connectivity index (χ1v) is 7.31. The van der Waals surface area contributed by atoms with Crippen molar-refractivity contribution in [3.63, 3.8) is 0 Å². The van der Waals surface area contributed by atoms with E-state index in [0.29, 0.717) is 5.56 Å². The van der Waals surface area contributed by atoms with Gasteiger partial charge in [-0.05, 0) is 29.8 Å². The van der Waals surface area contributed by atoms with Crippen LogP contribution in [0.5, 0.6) is 5.75 Å². The fourth-order valence-electron chi connectivity index (χ4n) is 2.34. The number of rotatable bonds is 3. The second kappa shape index (κ2) is 6.29. The number of hydrogen-bond donors (Lipinski definition) is 1. The quantitative estimate of drug-likeness (QED) is 0.888. The molecule has 1 aliphatic rings. The summed E-state index contributed by atoms with van der Waals surface area (Å²) < 4.78 is 45.6. The first-order chi connectivity index (χ1) is 11.8. The van der Waals surface area contributed by atoms with Gasteiger partial charge in [0.2, 0.25) is 6.10 Å². The third kappa shape index (κ3) is 3.53. The summed E-state index contributed by atoms with van der Waals surface area (Å²) in [4.78, 5) is 15.0. The van der Waals surface area contributed by atoms with Gasteiger partial charge in [0.05, 0.1) is 16.9 Å². The van der Waals surface area contributed by atoms with Crippen molar-refractivity contribution in [3.05, 3.63) is 52.6 Å². The van der Waals surface area contributed by atoms with Crippen LogP contribution in [-0.2, 0) is 4.79 Å². The van der Waals surface area contributed by atoms with E-state index in [-0.39, 0.29) is 16.3 Å². The van der Waals surface area contributed by atoms with E-state index in [1.165, 1.54) is 12.1 Å². The number of imidazole rings is 1. The smallest absolute Gasteiger partial charge is 0.430 e. The van der Waals surface area contributed by atoms with Crippen molar-refractivity contribution in [1.29, 1.82) is 0 Å². The van der Waals surface area contributed by atoms with Crippen molar-refractivity contribution in [2.45, 2.75) is 12.3 Å². The van der Waals surface area contributed by atoms with Gasteiger partial charge in [0.25, 0.3) is 0 Å². The number of carboxylic acid groups (broad SMARTS) is 1. The minimum absolute atomic E-state index is 0.0438. The highest BCUT2D eigenvalue weighted by Gasteiger charge is 2.48. The molecule has 1 N–H and O–H groups in total. The molecule has 1 aromatic carbocycles. The second-order valence-electron chi connectivity index (χ2n) is 5.19. The van der Waals surface area contributed by atoms with Crippen molar-refractivity contribution in [2.75, 3.05) is 0 Å². The topological polar surface area (TPSA) is 64.3 Å². The lowest BCUT2D eigenvalue weighted by Gasteiger charge is -2.27. The van der Waals surface area contributed by atoms with Crippen LogP contribution in [0.15, 0.2) is 36.4 Å². The summed E-state index contributed by atoms with van der Waals surface area (Å²) in [7, 11) is 0. The molecule has 1 aliphatic heterocycles. The zero-order valence-corrected chi connectivity index (χ0v) is 13.1. The maximum Gasteiger partial charge on any atom is 0.430 e. The molecule has 2 aromatic rings. The standard InChI is InChI=1S/C16H10ClF3N2O3/c17-12-6-9(1-3-22-4-2-21-8-22)5-10-7-11(15(23)24)14(16(18,19)20)25-13(10)12/h1-8,14H,(H,23,24). The molecule has 5 nitrogen and oxygen atoms in total. The Morgan fingerprint density at radius 1 is 1.40 bits per heavy atom. The zero-order chi connectivity index (χ0) is 18.2. The van der Waals surface area contributed by atoms with E-state index in [1.54, 1.807) is 35.6 Å². The number of aromatic nitrogens is 2. The number of hydrogen-bond acceptors (Lipinski definition) is 3. The van der Waals surface area contributed by atoms with Gasteiger partial charge in [-0.1, -0.05) is 11.6 Å². The fraction of sp³-hybridized carbons (Fsp3) is 0.125. The number of halogens is 4. The third-order valence-electron chi connectivity index (χ3n) is 3.43. The Bertz CT molecular complexity index is 873. The predicted octanol–water partition coefficient (Wildman–Crippen LogP) is 3.96. The SMILES string of the molecule is O=C(O)C1=Cc2cc(C=Cn3ccnc3)cc(Cl)c2OC1C(F)(F)F. The lowest BCUT2D eigenvalue weighted by Crippen LogP contribution is -2.40. The zero-order valence-electron chi connectivity index (χ0n) is 12.4. The number of carbonyl (C=O) groups is 1. The van der Waals surface area contributed by atoms with Gasteiger partial charge >= 0.3 is 12.1 Å². The van der Waals surface area contributed by atoms with Crippen molar-refractivity contribution >= 4 is 35.9 Å². The molecule has 0 aliphatic carbocycles. The monoisotopic (exact) mass is 370 g/mol. The van der Waals surface area contributed by atoms with Crippen molar-refractivity contribution in [2.24, 2.45) is 0 Å². The summed E-state index contributed by atoms with van der Waals surface area (Å²) in [5.74, 6) is -1.91. The van der Waals surface area contributed by atoms with Crippen molar-refractivity contribution in [3.8, 4) is 5.75 Å².